The van der Waals surface area contributed by atoms with Crippen molar-refractivity contribution in [3.05, 3.63) is 36.0 Å². The highest BCUT2D eigenvalue weighted by atomic mass is 16.3. The minimum Gasteiger partial charge on any atom is -0.467 e. The van der Waals surface area contributed by atoms with E-state index in [1.807, 2.05) is 6.07 Å². The molecule has 2 rings (SSSR count). The summed E-state index contributed by atoms with van der Waals surface area (Å²) in [5.41, 5.74) is 6.40. The van der Waals surface area contributed by atoms with E-state index in [-0.39, 0.29) is 18.9 Å². The molecule has 0 aliphatic heterocycles. The minimum absolute atomic E-state index is 0.240. The van der Waals surface area contributed by atoms with E-state index in [0.717, 1.165) is 0 Å². The monoisotopic (exact) mass is 273 g/mol. The van der Waals surface area contributed by atoms with E-state index < -0.39 is 0 Å². The van der Waals surface area contributed by atoms with Crippen LogP contribution in [0.4, 0.5) is 5.69 Å². The fraction of sp³-hybridized carbons (Fsp3) is 0.308. The fourth-order valence-corrected chi connectivity index (χ4v) is 1.89. The lowest BCUT2D eigenvalue weighted by molar-refractivity contribution is 0.0725. The van der Waals surface area contributed by atoms with Gasteiger partial charge in [0.25, 0.3) is 5.91 Å². The van der Waals surface area contributed by atoms with Gasteiger partial charge in [0.15, 0.2) is 0 Å². The molecule has 2 N–H and O–H groups in total. The van der Waals surface area contributed by atoms with Crippen LogP contribution in [-0.2, 0) is 13.6 Å². The van der Waals surface area contributed by atoms with Crippen LogP contribution in [0.1, 0.15) is 22.7 Å². The molecule has 0 unspecified atom stereocenters. The van der Waals surface area contributed by atoms with Crippen LogP contribution in [0, 0.1) is 11.3 Å². The van der Waals surface area contributed by atoms with Crippen LogP contribution in [0.2, 0.25) is 0 Å². The molecule has 0 radical (unpaired) electrons. The number of furan rings is 1. The molecule has 2 aromatic heterocycles. The van der Waals surface area contributed by atoms with Gasteiger partial charge in [-0.1, -0.05) is 0 Å². The molecule has 7 heteroatoms. The van der Waals surface area contributed by atoms with Crippen molar-refractivity contribution in [2.24, 2.45) is 7.05 Å². The molecule has 0 aliphatic carbocycles. The van der Waals surface area contributed by atoms with Crippen LogP contribution >= 0.6 is 0 Å². The first-order valence-corrected chi connectivity index (χ1v) is 6.09. The van der Waals surface area contributed by atoms with Crippen LogP contribution in [0.15, 0.2) is 29.0 Å². The summed E-state index contributed by atoms with van der Waals surface area (Å²) in [6.45, 7) is 0.596. The summed E-state index contributed by atoms with van der Waals surface area (Å²) in [4.78, 5) is 14.0. The lowest BCUT2D eigenvalue weighted by Crippen LogP contribution is -2.33. The molecule has 104 valence electrons. The number of amides is 1. The maximum Gasteiger partial charge on any atom is 0.274 e. The second kappa shape index (κ2) is 5.93. The summed E-state index contributed by atoms with van der Waals surface area (Å²) in [6, 6.07) is 5.56. The van der Waals surface area contributed by atoms with E-state index in [4.69, 9.17) is 15.4 Å². The first kappa shape index (κ1) is 13.7. The molecule has 0 saturated heterocycles. The first-order valence-electron chi connectivity index (χ1n) is 6.09. The van der Waals surface area contributed by atoms with Gasteiger partial charge >= 0.3 is 0 Å². The summed E-state index contributed by atoms with van der Waals surface area (Å²) in [5.74, 6) is 0.381. The van der Waals surface area contributed by atoms with Crippen molar-refractivity contribution < 1.29 is 9.21 Å². The van der Waals surface area contributed by atoms with Gasteiger partial charge in [0.1, 0.15) is 11.5 Å². The van der Waals surface area contributed by atoms with Crippen LogP contribution in [0.5, 0.6) is 0 Å². The van der Waals surface area contributed by atoms with Gasteiger partial charge in [-0.25, -0.2) is 0 Å². The zero-order valence-corrected chi connectivity index (χ0v) is 11.1. The highest BCUT2D eigenvalue weighted by Crippen LogP contribution is 2.15. The second-order valence-electron chi connectivity index (χ2n) is 4.29. The van der Waals surface area contributed by atoms with E-state index in [1.165, 1.54) is 15.8 Å². The number of nitriles is 1. The van der Waals surface area contributed by atoms with E-state index in [2.05, 4.69) is 5.10 Å². The Morgan fingerprint density at radius 3 is 3.00 bits per heavy atom. The molecule has 0 fully saturated rings. The predicted octanol–water partition coefficient (Wildman–Crippen LogP) is 1.15. The van der Waals surface area contributed by atoms with Crippen molar-refractivity contribution in [3.63, 3.8) is 0 Å². The predicted molar refractivity (Wildman–Crippen MR) is 71.3 cm³/mol. The zero-order chi connectivity index (χ0) is 14.5. The lowest BCUT2D eigenvalue weighted by atomic mass is 10.2. The van der Waals surface area contributed by atoms with Gasteiger partial charge in [-0.15, -0.1) is 0 Å². The Morgan fingerprint density at radius 2 is 2.45 bits per heavy atom. The van der Waals surface area contributed by atoms with Crippen molar-refractivity contribution in [2.75, 3.05) is 12.3 Å². The second-order valence-corrected chi connectivity index (χ2v) is 4.29. The molecule has 0 atom stereocenters. The summed E-state index contributed by atoms with van der Waals surface area (Å²) in [7, 11) is 1.65. The Labute approximate surface area is 116 Å². The van der Waals surface area contributed by atoms with Gasteiger partial charge < -0.3 is 15.1 Å². The fourth-order valence-electron chi connectivity index (χ4n) is 1.89. The Hall–Kier alpha value is -2.75. The van der Waals surface area contributed by atoms with Crippen molar-refractivity contribution >= 4 is 11.6 Å². The number of aromatic nitrogens is 2. The Morgan fingerprint density at radius 1 is 1.65 bits per heavy atom. The van der Waals surface area contributed by atoms with Crippen LogP contribution < -0.4 is 5.73 Å². The van der Waals surface area contributed by atoms with Crippen LogP contribution in [-0.4, -0.2) is 27.1 Å². The van der Waals surface area contributed by atoms with E-state index in [0.29, 0.717) is 23.7 Å². The summed E-state index contributed by atoms with van der Waals surface area (Å²) in [5, 5.41) is 12.7. The lowest BCUT2D eigenvalue weighted by Gasteiger charge is -2.20. The van der Waals surface area contributed by atoms with Crippen molar-refractivity contribution in [1.82, 2.24) is 14.7 Å². The summed E-state index contributed by atoms with van der Waals surface area (Å²) < 4.78 is 6.67. The zero-order valence-electron chi connectivity index (χ0n) is 11.1. The van der Waals surface area contributed by atoms with Crippen molar-refractivity contribution in [3.8, 4) is 6.07 Å². The van der Waals surface area contributed by atoms with Gasteiger partial charge in [-0.3, -0.25) is 9.48 Å². The number of nitrogens with two attached hydrogens (primary N) is 1. The molecular weight excluding hydrogens is 258 g/mol. The number of rotatable bonds is 5. The Kier molecular flexibility index (Phi) is 4.05. The highest BCUT2D eigenvalue weighted by molar-refractivity contribution is 5.97. The minimum atomic E-state index is -0.269. The summed E-state index contributed by atoms with van der Waals surface area (Å²) >= 11 is 0. The van der Waals surface area contributed by atoms with Gasteiger partial charge in [0.05, 0.1) is 37.2 Å². The number of anilines is 1. The quantitative estimate of drug-likeness (QED) is 0.880. The Bertz CT molecular complexity index is 604. The standard InChI is InChI=1S/C13H15N5O2/c1-17-12(11(15)8-16-17)13(19)18(6-3-5-14)9-10-4-2-7-20-10/h2,4,7-8H,3,6,9,15H2,1H3. The largest absolute Gasteiger partial charge is 0.467 e. The normalized spacial score (nSPS) is 10.2. The van der Waals surface area contributed by atoms with Gasteiger partial charge in [0.2, 0.25) is 0 Å². The maximum atomic E-state index is 12.5. The maximum absolute atomic E-state index is 12.5. The summed E-state index contributed by atoms with van der Waals surface area (Å²) in [6.07, 6.45) is 3.22. The number of hydrogen-bond donors (Lipinski definition) is 1. The average molecular weight is 273 g/mol. The smallest absolute Gasteiger partial charge is 0.274 e. The molecule has 2 aromatic rings. The molecule has 0 bridgehead atoms. The number of nitrogens with zero attached hydrogens (tertiary/aromatic N) is 4. The SMILES string of the molecule is Cn1ncc(N)c1C(=O)N(CCC#N)Cc1ccco1. The number of aryl methyl sites for hydroxylation is 1. The first-order chi connectivity index (χ1) is 9.63. The molecule has 1 amide bonds. The third kappa shape index (κ3) is 2.80. The van der Waals surface area contributed by atoms with E-state index in [1.54, 1.807) is 25.4 Å². The molecule has 0 spiro atoms. The molecule has 0 aromatic carbocycles. The molecule has 0 aliphatic rings. The number of nitrogen functional groups attached to an aromatic ring is 1. The van der Waals surface area contributed by atoms with Crippen molar-refractivity contribution in [2.45, 2.75) is 13.0 Å². The molecule has 0 saturated carbocycles. The molecule has 7 nitrogen and oxygen atoms in total. The number of carbonyl (C=O) groups excluding carboxylic acids is 1. The van der Waals surface area contributed by atoms with E-state index >= 15 is 0 Å². The molecule has 20 heavy (non-hydrogen) atoms. The van der Waals surface area contributed by atoms with Crippen molar-refractivity contribution in [1.29, 1.82) is 5.26 Å². The van der Waals surface area contributed by atoms with E-state index in [9.17, 15) is 4.79 Å². The topological polar surface area (TPSA) is 101 Å². The average Bonchev–Trinajstić information content (AvgIpc) is 3.04. The van der Waals surface area contributed by atoms with Gasteiger partial charge in [0, 0.05) is 13.6 Å². The molecule has 2 heterocycles. The third-order valence-corrected chi connectivity index (χ3v) is 2.88. The van der Waals surface area contributed by atoms with Gasteiger partial charge in [-0.05, 0) is 12.1 Å². The van der Waals surface area contributed by atoms with Gasteiger partial charge in [-0.2, -0.15) is 10.4 Å². The van der Waals surface area contributed by atoms with Crippen LogP contribution in [0.3, 0.4) is 0 Å². The molecular formula is C13H15N5O2. The Balaban J connectivity index is 2.22. The number of hydrogen-bond acceptors (Lipinski definition) is 5. The number of carbonyl (C=O) groups is 1. The third-order valence-electron chi connectivity index (χ3n) is 2.88. The van der Waals surface area contributed by atoms with Crippen LogP contribution in [0.25, 0.3) is 0 Å². The highest BCUT2D eigenvalue weighted by Gasteiger charge is 2.22.